The summed E-state index contributed by atoms with van der Waals surface area (Å²) in [5.74, 6) is -2.03. The first kappa shape index (κ1) is 27.1. The van der Waals surface area contributed by atoms with Gasteiger partial charge in [-0.2, -0.15) is 10.4 Å². The lowest BCUT2D eigenvalue weighted by atomic mass is 9.98. The summed E-state index contributed by atoms with van der Waals surface area (Å²) >= 11 is 1.14. The van der Waals surface area contributed by atoms with Crippen molar-refractivity contribution in [2.45, 2.75) is 37.7 Å². The monoisotopic (exact) mass is 514 g/mol. The number of halogens is 2. The molecule has 1 aliphatic heterocycles. The zero-order valence-electron chi connectivity index (χ0n) is 20.2. The third kappa shape index (κ3) is 5.83. The highest BCUT2D eigenvalue weighted by Gasteiger charge is 2.50. The van der Waals surface area contributed by atoms with Gasteiger partial charge in [0.15, 0.2) is 6.19 Å². The molecule has 1 aliphatic rings. The van der Waals surface area contributed by atoms with E-state index in [-0.39, 0.29) is 16.5 Å². The van der Waals surface area contributed by atoms with Gasteiger partial charge in [0.05, 0.1) is 0 Å². The second kappa shape index (κ2) is 12.0. The molecule has 0 fully saturated rings. The molecule has 2 aromatic carbocycles. The number of hydrazone groups is 1. The number of aliphatic imine (C=N–C) groups is 1. The van der Waals surface area contributed by atoms with Crippen molar-refractivity contribution >= 4 is 28.7 Å². The largest absolute Gasteiger partial charge is 0.383 e. The third-order valence-corrected chi connectivity index (χ3v) is 7.10. The van der Waals surface area contributed by atoms with Crippen molar-refractivity contribution in [3.63, 3.8) is 0 Å². The van der Waals surface area contributed by atoms with Crippen LogP contribution in [-0.4, -0.2) is 46.7 Å². The molecule has 0 radical (unpaired) electrons. The zero-order chi connectivity index (χ0) is 26.3. The number of thioether (sulfide) groups is 1. The molecule has 8 nitrogen and oxygen atoms in total. The lowest BCUT2D eigenvalue weighted by molar-refractivity contribution is -0.146. The van der Waals surface area contributed by atoms with Crippen LogP contribution in [0.25, 0.3) is 0 Å². The van der Waals surface area contributed by atoms with Gasteiger partial charge in [0.25, 0.3) is 5.91 Å². The maximum atomic E-state index is 14.7. The average Bonchev–Trinajstić information content (AvgIpc) is 3.27. The Labute approximate surface area is 213 Å². The van der Waals surface area contributed by atoms with Gasteiger partial charge in [0.1, 0.15) is 27.7 Å². The Morgan fingerprint density at radius 2 is 2.00 bits per heavy atom. The van der Waals surface area contributed by atoms with Crippen molar-refractivity contribution in [1.82, 2.24) is 15.6 Å². The fourth-order valence-electron chi connectivity index (χ4n) is 3.75. The number of hydrogen-bond donors (Lipinski definition) is 3. The van der Waals surface area contributed by atoms with E-state index in [4.69, 9.17) is 5.26 Å². The van der Waals surface area contributed by atoms with E-state index in [1.807, 2.05) is 30.3 Å². The lowest BCUT2D eigenvalue weighted by Gasteiger charge is -2.37. The number of rotatable bonds is 8. The van der Waals surface area contributed by atoms with E-state index in [1.165, 1.54) is 12.1 Å². The van der Waals surface area contributed by atoms with Gasteiger partial charge in [-0.1, -0.05) is 55.9 Å². The first-order chi connectivity index (χ1) is 17.2. The molecule has 1 heterocycles. The molecule has 1 amide bonds. The van der Waals surface area contributed by atoms with Crippen LogP contribution < -0.4 is 10.6 Å². The molecule has 11 heteroatoms. The van der Waals surface area contributed by atoms with Crippen molar-refractivity contribution < 1.29 is 18.7 Å². The SMILES string of the molecule is CN=C(NC#N)NCCCC1(c2ccccc2)SC(c2cc(F)ccc2F)=NN1C(=O)C(O)C(C)C. The molecule has 0 bridgehead atoms. The van der Waals surface area contributed by atoms with Gasteiger partial charge in [-0.15, -0.1) is 0 Å². The van der Waals surface area contributed by atoms with E-state index >= 15 is 0 Å². The summed E-state index contributed by atoms with van der Waals surface area (Å²) in [6.07, 6.45) is 1.29. The lowest BCUT2D eigenvalue weighted by Crippen LogP contribution is -2.47. The highest BCUT2D eigenvalue weighted by atomic mass is 32.2. The van der Waals surface area contributed by atoms with E-state index < -0.39 is 28.5 Å². The molecule has 0 aromatic heterocycles. The van der Waals surface area contributed by atoms with Gasteiger partial charge in [-0.25, -0.2) is 13.8 Å². The third-order valence-electron chi connectivity index (χ3n) is 5.66. The van der Waals surface area contributed by atoms with E-state index in [2.05, 4.69) is 20.7 Å². The van der Waals surface area contributed by atoms with E-state index in [0.717, 1.165) is 35.5 Å². The van der Waals surface area contributed by atoms with Crippen molar-refractivity contribution in [3.05, 3.63) is 71.3 Å². The minimum absolute atomic E-state index is 0.0635. The molecule has 36 heavy (non-hydrogen) atoms. The highest BCUT2D eigenvalue weighted by molar-refractivity contribution is 8.15. The van der Waals surface area contributed by atoms with Crippen LogP contribution in [-0.2, 0) is 9.67 Å². The number of guanidine groups is 1. The van der Waals surface area contributed by atoms with E-state index in [1.54, 1.807) is 20.0 Å². The summed E-state index contributed by atoms with van der Waals surface area (Å²) in [7, 11) is 1.53. The fraction of sp³-hybridized carbons (Fsp3) is 0.360. The summed E-state index contributed by atoms with van der Waals surface area (Å²) in [6, 6.07) is 12.2. The number of amides is 1. The number of benzene rings is 2. The van der Waals surface area contributed by atoms with Crippen LogP contribution in [0.3, 0.4) is 0 Å². The topological polar surface area (TPSA) is 113 Å². The number of aliphatic hydroxyl groups is 1. The number of nitrogens with one attached hydrogen (secondary N) is 2. The van der Waals surface area contributed by atoms with Crippen LogP contribution in [0.2, 0.25) is 0 Å². The maximum Gasteiger partial charge on any atom is 0.273 e. The van der Waals surface area contributed by atoms with Gasteiger partial charge in [0.2, 0.25) is 5.96 Å². The minimum atomic E-state index is -1.34. The molecular weight excluding hydrogens is 486 g/mol. The predicted molar refractivity (Wildman–Crippen MR) is 136 cm³/mol. The van der Waals surface area contributed by atoms with Crippen LogP contribution in [0, 0.1) is 29.0 Å². The summed E-state index contributed by atoms with van der Waals surface area (Å²) < 4.78 is 28.8. The van der Waals surface area contributed by atoms with Crippen LogP contribution in [0.5, 0.6) is 0 Å². The highest BCUT2D eigenvalue weighted by Crippen LogP contribution is 2.51. The molecule has 0 aliphatic carbocycles. The minimum Gasteiger partial charge on any atom is -0.383 e. The van der Waals surface area contributed by atoms with Gasteiger partial charge >= 0.3 is 0 Å². The Bertz CT molecular complexity index is 1180. The van der Waals surface area contributed by atoms with Gasteiger partial charge < -0.3 is 10.4 Å². The zero-order valence-corrected chi connectivity index (χ0v) is 21.0. The first-order valence-corrected chi connectivity index (χ1v) is 12.2. The second-order valence-electron chi connectivity index (χ2n) is 8.46. The Kier molecular flexibility index (Phi) is 9.01. The standard InChI is InChI=1S/C25H28F2N6O2S/c1-16(2)21(34)23(35)33-25(17-8-5-4-6-9-17,12-7-13-30-24(29-3)31-15-28)36-22(32-33)19-14-18(26)10-11-20(19)27/h4-6,8-11,14,16,21,34H,7,12-13H2,1-3H3,(H2,29,30,31). The number of carbonyl (C=O) groups excluding carboxylic acids is 1. The maximum absolute atomic E-state index is 14.7. The van der Waals surface area contributed by atoms with Crippen LogP contribution in [0.4, 0.5) is 8.78 Å². The van der Waals surface area contributed by atoms with Crippen LogP contribution in [0.15, 0.2) is 58.6 Å². The number of aliphatic hydroxyl groups excluding tert-OH is 1. The molecule has 2 unspecified atom stereocenters. The van der Waals surface area contributed by atoms with Gasteiger partial charge in [-0.3, -0.25) is 15.1 Å². The molecule has 0 saturated heterocycles. The first-order valence-electron chi connectivity index (χ1n) is 11.4. The van der Waals surface area contributed by atoms with E-state index in [0.29, 0.717) is 25.3 Å². The molecule has 0 spiro atoms. The Morgan fingerprint density at radius 3 is 2.64 bits per heavy atom. The molecular formula is C25H28F2N6O2S. The summed E-state index contributed by atoms with van der Waals surface area (Å²) in [5.41, 5.74) is 0.654. The van der Waals surface area contributed by atoms with Crippen LogP contribution >= 0.6 is 11.8 Å². The Morgan fingerprint density at radius 1 is 1.28 bits per heavy atom. The number of nitrogens with zero attached hydrogens (tertiary/aromatic N) is 4. The molecule has 3 N–H and O–H groups in total. The molecule has 2 atom stereocenters. The fourth-order valence-corrected chi connectivity index (χ4v) is 5.18. The summed E-state index contributed by atoms with van der Waals surface area (Å²) in [5, 5.41) is 30.7. The summed E-state index contributed by atoms with van der Waals surface area (Å²) in [6.45, 7) is 3.82. The average molecular weight is 515 g/mol. The molecule has 3 rings (SSSR count). The second-order valence-corrected chi connectivity index (χ2v) is 9.73. The van der Waals surface area contributed by atoms with Crippen LogP contribution in [0.1, 0.15) is 37.8 Å². The Balaban J connectivity index is 2.04. The van der Waals surface area contributed by atoms with Gasteiger partial charge in [-0.05, 0) is 42.5 Å². The quantitative estimate of drug-likeness (QED) is 0.163. The van der Waals surface area contributed by atoms with E-state index in [9.17, 15) is 18.7 Å². The summed E-state index contributed by atoms with van der Waals surface area (Å²) in [4.78, 5) is 16.3. The number of nitriles is 1. The van der Waals surface area contributed by atoms with Crippen molar-refractivity contribution in [2.24, 2.45) is 16.0 Å². The van der Waals surface area contributed by atoms with Crippen molar-refractivity contribution in [1.29, 1.82) is 5.26 Å². The van der Waals surface area contributed by atoms with Gasteiger partial charge in [0, 0.05) is 19.2 Å². The normalized spacial score (nSPS) is 18.6. The molecule has 0 saturated carbocycles. The van der Waals surface area contributed by atoms with Crippen molar-refractivity contribution in [3.8, 4) is 6.19 Å². The van der Waals surface area contributed by atoms with Crippen molar-refractivity contribution in [2.75, 3.05) is 13.6 Å². The Hall–Kier alpha value is -3.49. The molecule has 2 aromatic rings. The smallest absolute Gasteiger partial charge is 0.273 e. The number of hydrogen-bond acceptors (Lipinski definition) is 6. The number of carbonyl (C=O) groups is 1. The predicted octanol–water partition coefficient (Wildman–Crippen LogP) is 3.50. The molecule has 190 valence electrons.